The van der Waals surface area contributed by atoms with Crippen LogP contribution in [0, 0.1) is 11.8 Å². The molecular weight excluding hydrogens is 182 g/mol. The Bertz CT molecular complexity index is 201. The van der Waals surface area contributed by atoms with Crippen LogP contribution in [0.3, 0.4) is 0 Å². The van der Waals surface area contributed by atoms with Gasteiger partial charge in [-0.05, 0) is 30.9 Å². The van der Waals surface area contributed by atoms with Crippen molar-refractivity contribution in [3.05, 3.63) is 0 Å². The van der Waals surface area contributed by atoms with Gasteiger partial charge in [0.05, 0.1) is 0 Å². The number of amides is 1. The van der Waals surface area contributed by atoms with Crippen molar-refractivity contribution in [3.8, 4) is 0 Å². The Hall–Kier alpha value is -0.180. The fraction of sp³-hybridized carbons (Fsp3) is 0.900. The van der Waals surface area contributed by atoms with E-state index in [4.69, 9.17) is 0 Å². The van der Waals surface area contributed by atoms with E-state index in [1.165, 1.54) is 18.6 Å². The Morgan fingerprint density at radius 3 is 2.85 bits per heavy atom. The van der Waals surface area contributed by atoms with Gasteiger partial charge in [0.1, 0.15) is 0 Å². The predicted octanol–water partition coefficient (Wildman–Crippen LogP) is 1.65. The molecule has 0 aromatic rings. The molecule has 74 valence electrons. The number of hydrogen-bond donors (Lipinski definition) is 1. The summed E-state index contributed by atoms with van der Waals surface area (Å²) in [6.45, 7) is 2.20. The molecule has 3 atom stereocenters. The first kappa shape index (κ1) is 9.38. The van der Waals surface area contributed by atoms with Gasteiger partial charge >= 0.3 is 0 Å². The van der Waals surface area contributed by atoms with Crippen molar-refractivity contribution in [3.63, 3.8) is 0 Å². The molecule has 0 bridgehead atoms. The number of thioether (sulfide) groups is 1. The summed E-state index contributed by atoms with van der Waals surface area (Å²) in [5, 5.41) is 3.12. The summed E-state index contributed by atoms with van der Waals surface area (Å²) in [6.07, 6.45) is 3.49. The summed E-state index contributed by atoms with van der Waals surface area (Å²) in [4.78, 5) is 11.7. The number of hydrogen-bond acceptors (Lipinski definition) is 2. The van der Waals surface area contributed by atoms with Gasteiger partial charge < -0.3 is 5.32 Å². The molecule has 2 rings (SSSR count). The minimum absolute atomic E-state index is 0.298. The summed E-state index contributed by atoms with van der Waals surface area (Å²) in [7, 11) is 0. The molecule has 0 spiro atoms. The zero-order chi connectivity index (χ0) is 9.26. The van der Waals surface area contributed by atoms with Crippen LogP contribution in [0.15, 0.2) is 0 Å². The highest BCUT2D eigenvalue weighted by Gasteiger charge is 2.35. The predicted molar refractivity (Wildman–Crippen MR) is 55.8 cm³/mol. The number of rotatable bonds is 2. The average molecular weight is 199 g/mol. The molecule has 1 saturated carbocycles. The van der Waals surface area contributed by atoms with Crippen LogP contribution in [0.1, 0.15) is 26.2 Å². The van der Waals surface area contributed by atoms with Crippen LogP contribution >= 0.6 is 11.8 Å². The van der Waals surface area contributed by atoms with Crippen LogP contribution in [0.2, 0.25) is 0 Å². The number of carbonyl (C=O) groups is 1. The fourth-order valence-corrected chi connectivity index (χ4v) is 2.91. The molecule has 13 heavy (non-hydrogen) atoms. The monoisotopic (exact) mass is 199 g/mol. The summed E-state index contributed by atoms with van der Waals surface area (Å²) in [5.41, 5.74) is 0. The summed E-state index contributed by atoms with van der Waals surface area (Å²) in [6, 6.07) is 0.499. The molecule has 1 heterocycles. The lowest BCUT2D eigenvalue weighted by Crippen LogP contribution is -2.35. The maximum atomic E-state index is 11.7. The molecule has 2 aliphatic rings. The van der Waals surface area contributed by atoms with Gasteiger partial charge in [-0.1, -0.05) is 6.92 Å². The number of nitrogens with one attached hydrogen (secondary N) is 1. The van der Waals surface area contributed by atoms with Crippen molar-refractivity contribution < 1.29 is 4.79 Å². The fourth-order valence-electron chi connectivity index (χ4n) is 1.77. The minimum Gasteiger partial charge on any atom is -0.353 e. The van der Waals surface area contributed by atoms with E-state index in [1.54, 1.807) is 0 Å². The van der Waals surface area contributed by atoms with Crippen molar-refractivity contribution in [1.82, 2.24) is 5.32 Å². The highest BCUT2D eigenvalue weighted by Crippen LogP contribution is 2.30. The van der Waals surface area contributed by atoms with Gasteiger partial charge in [0.2, 0.25) is 5.91 Å². The Labute approximate surface area is 83.8 Å². The topological polar surface area (TPSA) is 29.1 Å². The molecular formula is C10H17NOS. The molecule has 1 saturated heterocycles. The molecule has 2 nitrogen and oxygen atoms in total. The first-order valence-corrected chi connectivity index (χ1v) is 6.31. The van der Waals surface area contributed by atoms with Crippen LogP contribution in [0.5, 0.6) is 0 Å². The molecule has 2 fully saturated rings. The van der Waals surface area contributed by atoms with Gasteiger partial charge in [0.15, 0.2) is 0 Å². The number of carbonyl (C=O) groups excluding carboxylic acids is 1. The lowest BCUT2D eigenvalue weighted by atomic mass is 10.0. The van der Waals surface area contributed by atoms with Gasteiger partial charge in [-0.3, -0.25) is 4.79 Å². The minimum atomic E-state index is 0.298. The summed E-state index contributed by atoms with van der Waals surface area (Å²) in [5.74, 6) is 3.60. The van der Waals surface area contributed by atoms with Crippen molar-refractivity contribution in [1.29, 1.82) is 0 Å². The van der Waals surface area contributed by atoms with E-state index in [0.717, 1.165) is 18.1 Å². The summed E-state index contributed by atoms with van der Waals surface area (Å²) < 4.78 is 0. The van der Waals surface area contributed by atoms with Crippen LogP contribution in [-0.4, -0.2) is 23.5 Å². The molecule has 0 radical (unpaired) electrons. The Morgan fingerprint density at radius 1 is 1.54 bits per heavy atom. The molecule has 1 amide bonds. The van der Waals surface area contributed by atoms with Gasteiger partial charge in [0.25, 0.3) is 0 Å². The van der Waals surface area contributed by atoms with Crippen molar-refractivity contribution >= 4 is 17.7 Å². The van der Waals surface area contributed by atoms with E-state index < -0.39 is 0 Å². The van der Waals surface area contributed by atoms with E-state index in [-0.39, 0.29) is 0 Å². The second-order valence-electron chi connectivity index (χ2n) is 4.24. The molecule has 3 unspecified atom stereocenters. The third kappa shape index (κ3) is 2.39. The SMILES string of the molecule is CC1CC1NC(=O)C1CCCSC1. The lowest BCUT2D eigenvalue weighted by Gasteiger charge is -2.20. The first-order chi connectivity index (χ1) is 6.27. The molecule has 1 N–H and O–H groups in total. The molecule has 1 aliphatic heterocycles. The normalized spacial score (nSPS) is 38.4. The Morgan fingerprint density at radius 2 is 2.31 bits per heavy atom. The molecule has 1 aliphatic carbocycles. The van der Waals surface area contributed by atoms with Gasteiger partial charge in [-0.2, -0.15) is 11.8 Å². The highest BCUT2D eigenvalue weighted by molar-refractivity contribution is 7.99. The second-order valence-corrected chi connectivity index (χ2v) is 5.39. The molecule has 3 heteroatoms. The zero-order valence-electron chi connectivity index (χ0n) is 8.08. The maximum Gasteiger partial charge on any atom is 0.224 e. The van der Waals surface area contributed by atoms with Gasteiger partial charge in [-0.25, -0.2) is 0 Å². The van der Waals surface area contributed by atoms with E-state index in [1.807, 2.05) is 11.8 Å². The average Bonchev–Trinajstić information content (AvgIpc) is 2.83. The maximum absolute atomic E-state index is 11.7. The quantitative estimate of drug-likeness (QED) is 0.732. The van der Waals surface area contributed by atoms with E-state index in [9.17, 15) is 4.79 Å². The van der Waals surface area contributed by atoms with E-state index in [2.05, 4.69) is 12.2 Å². The largest absolute Gasteiger partial charge is 0.353 e. The Kier molecular flexibility index (Phi) is 2.82. The first-order valence-electron chi connectivity index (χ1n) is 5.15. The van der Waals surface area contributed by atoms with Crippen LogP contribution < -0.4 is 5.32 Å². The molecule has 0 aromatic heterocycles. The van der Waals surface area contributed by atoms with Crippen LogP contribution in [0.4, 0.5) is 0 Å². The van der Waals surface area contributed by atoms with Crippen LogP contribution in [0.25, 0.3) is 0 Å². The van der Waals surface area contributed by atoms with E-state index in [0.29, 0.717) is 17.9 Å². The standard InChI is InChI=1S/C10H17NOS/c1-7-5-9(7)11-10(12)8-3-2-4-13-6-8/h7-9H,2-6H2,1H3,(H,11,12). The van der Waals surface area contributed by atoms with Crippen molar-refractivity contribution in [2.24, 2.45) is 11.8 Å². The second kappa shape index (κ2) is 3.91. The third-order valence-corrected chi connectivity index (χ3v) is 4.18. The smallest absolute Gasteiger partial charge is 0.224 e. The lowest BCUT2D eigenvalue weighted by molar-refractivity contribution is -0.124. The van der Waals surface area contributed by atoms with Gasteiger partial charge in [-0.15, -0.1) is 0 Å². The Balaban J connectivity index is 1.75. The highest BCUT2D eigenvalue weighted by atomic mass is 32.2. The van der Waals surface area contributed by atoms with E-state index >= 15 is 0 Å². The van der Waals surface area contributed by atoms with Crippen LogP contribution in [-0.2, 0) is 4.79 Å². The van der Waals surface area contributed by atoms with Crippen molar-refractivity contribution in [2.45, 2.75) is 32.2 Å². The van der Waals surface area contributed by atoms with Gasteiger partial charge in [0, 0.05) is 17.7 Å². The van der Waals surface area contributed by atoms with Crippen molar-refractivity contribution in [2.75, 3.05) is 11.5 Å². The molecule has 0 aromatic carbocycles. The zero-order valence-corrected chi connectivity index (χ0v) is 8.90. The third-order valence-electron chi connectivity index (χ3n) is 2.97. The summed E-state index contributed by atoms with van der Waals surface area (Å²) >= 11 is 1.92.